The number of nitrogens with one attached hydrogen (secondary N) is 1. The van der Waals surface area contributed by atoms with Crippen LogP contribution < -0.4 is 5.32 Å². The highest BCUT2D eigenvalue weighted by Gasteiger charge is 1.91. The number of nitrogens with zero attached hydrogens (tertiary/aromatic N) is 2. The zero-order valence-corrected chi connectivity index (χ0v) is 14.5. The number of aliphatic hydroxyl groups excluding tert-OH is 1. The largest absolute Gasteiger partial charge is 0.395 e. The first-order chi connectivity index (χ1) is 8.99. The molecule has 0 saturated carbocycles. The van der Waals surface area contributed by atoms with Crippen LogP contribution in [0.5, 0.6) is 0 Å². The Kier molecular flexibility index (Phi) is 28.9. The second-order valence-electron chi connectivity index (χ2n) is 4.93. The first kappa shape index (κ1) is 23.9. The van der Waals surface area contributed by atoms with E-state index in [1.54, 1.807) is 0 Å². The molecule has 120 valence electrons. The van der Waals surface area contributed by atoms with E-state index in [1.807, 2.05) is 14.1 Å². The standard InChI is InChI=1S/C6H15NO.C5H13N.C4H11N/c1-3-4-7(2)5-6-8;1-4-5-6(2)3;1-3-4-5-2/h8H,3-6H2,1-2H3;4-5H2,1-3H3;5H,3-4H2,1-2H3. The van der Waals surface area contributed by atoms with Crippen LogP contribution in [0.1, 0.15) is 40.0 Å². The first-order valence-electron chi connectivity index (χ1n) is 7.58. The van der Waals surface area contributed by atoms with Crippen LogP contribution >= 0.6 is 0 Å². The molecule has 4 heteroatoms. The summed E-state index contributed by atoms with van der Waals surface area (Å²) in [4.78, 5) is 4.29. The summed E-state index contributed by atoms with van der Waals surface area (Å²) < 4.78 is 0. The fourth-order valence-electron chi connectivity index (χ4n) is 1.36. The maximum absolute atomic E-state index is 8.42. The van der Waals surface area contributed by atoms with E-state index >= 15 is 0 Å². The molecule has 0 saturated heterocycles. The molecular formula is C15H39N3O. The lowest BCUT2D eigenvalue weighted by atomic mass is 10.4. The van der Waals surface area contributed by atoms with Gasteiger partial charge in [-0.1, -0.05) is 20.8 Å². The van der Waals surface area contributed by atoms with Gasteiger partial charge in [-0.2, -0.15) is 0 Å². The van der Waals surface area contributed by atoms with Gasteiger partial charge in [0.2, 0.25) is 0 Å². The molecule has 0 atom stereocenters. The van der Waals surface area contributed by atoms with E-state index in [0.717, 1.165) is 26.1 Å². The molecule has 0 aliphatic carbocycles. The van der Waals surface area contributed by atoms with E-state index < -0.39 is 0 Å². The zero-order chi connectivity index (χ0) is 15.5. The maximum atomic E-state index is 8.42. The fourth-order valence-corrected chi connectivity index (χ4v) is 1.36. The van der Waals surface area contributed by atoms with E-state index in [-0.39, 0.29) is 6.61 Å². The molecule has 0 unspecified atom stereocenters. The average Bonchev–Trinajstić information content (AvgIpc) is 2.32. The molecule has 0 aliphatic rings. The molecule has 4 nitrogen and oxygen atoms in total. The molecule has 0 radical (unpaired) electrons. The van der Waals surface area contributed by atoms with Gasteiger partial charge in [0.1, 0.15) is 0 Å². The predicted molar refractivity (Wildman–Crippen MR) is 87.9 cm³/mol. The van der Waals surface area contributed by atoms with Crippen LogP contribution in [0.15, 0.2) is 0 Å². The van der Waals surface area contributed by atoms with Crippen molar-refractivity contribution in [3.8, 4) is 0 Å². The van der Waals surface area contributed by atoms with Gasteiger partial charge in [0, 0.05) is 6.54 Å². The summed E-state index contributed by atoms with van der Waals surface area (Å²) in [5, 5.41) is 11.4. The zero-order valence-electron chi connectivity index (χ0n) is 14.5. The topological polar surface area (TPSA) is 38.7 Å². The van der Waals surface area contributed by atoms with Gasteiger partial charge >= 0.3 is 0 Å². The fraction of sp³-hybridized carbons (Fsp3) is 1.00. The Balaban J connectivity index is -0.000000209. The molecule has 0 heterocycles. The summed E-state index contributed by atoms with van der Waals surface area (Å²) in [5.41, 5.74) is 0. The summed E-state index contributed by atoms with van der Waals surface area (Å²) in [6.45, 7) is 11.0. The lowest BCUT2D eigenvalue weighted by Gasteiger charge is -2.12. The van der Waals surface area contributed by atoms with Gasteiger partial charge in [-0.25, -0.2) is 0 Å². The lowest BCUT2D eigenvalue weighted by Crippen LogP contribution is -2.22. The molecule has 2 N–H and O–H groups in total. The Labute approximate surface area is 122 Å². The molecule has 0 rings (SSSR count). The third kappa shape index (κ3) is 38.1. The normalized spacial score (nSPS) is 9.79. The predicted octanol–water partition coefficient (Wildman–Crippen LogP) is 1.89. The Morgan fingerprint density at radius 3 is 1.53 bits per heavy atom. The molecule has 0 aromatic heterocycles. The van der Waals surface area contributed by atoms with Gasteiger partial charge in [-0.05, 0) is 67.1 Å². The molecule has 0 spiro atoms. The van der Waals surface area contributed by atoms with Crippen molar-refractivity contribution in [1.29, 1.82) is 0 Å². The van der Waals surface area contributed by atoms with Crippen molar-refractivity contribution in [2.45, 2.75) is 40.0 Å². The Hall–Kier alpha value is -0.160. The van der Waals surface area contributed by atoms with Crippen molar-refractivity contribution in [3.63, 3.8) is 0 Å². The van der Waals surface area contributed by atoms with Gasteiger partial charge in [0.05, 0.1) is 6.61 Å². The molecule has 0 aromatic rings. The molecule has 0 amide bonds. The second-order valence-corrected chi connectivity index (χ2v) is 4.93. The van der Waals surface area contributed by atoms with Crippen molar-refractivity contribution < 1.29 is 5.11 Å². The smallest absolute Gasteiger partial charge is 0.0558 e. The van der Waals surface area contributed by atoms with Crippen molar-refractivity contribution >= 4 is 0 Å². The van der Waals surface area contributed by atoms with Crippen LogP contribution in [0.4, 0.5) is 0 Å². The average molecular weight is 277 g/mol. The Morgan fingerprint density at radius 2 is 1.37 bits per heavy atom. The Morgan fingerprint density at radius 1 is 0.842 bits per heavy atom. The lowest BCUT2D eigenvalue weighted by molar-refractivity contribution is 0.222. The van der Waals surface area contributed by atoms with E-state index in [2.05, 4.69) is 50.0 Å². The van der Waals surface area contributed by atoms with Crippen LogP contribution in [0.25, 0.3) is 0 Å². The highest BCUT2D eigenvalue weighted by molar-refractivity contribution is 4.45. The van der Waals surface area contributed by atoms with E-state index in [1.165, 1.54) is 19.4 Å². The number of hydrogen-bond donors (Lipinski definition) is 2. The minimum absolute atomic E-state index is 0.274. The summed E-state index contributed by atoms with van der Waals surface area (Å²) in [6, 6.07) is 0. The van der Waals surface area contributed by atoms with Gasteiger partial charge in [0.15, 0.2) is 0 Å². The van der Waals surface area contributed by atoms with E-state index in [9.17, 15) is 0 Å². The minimum atomic E-state index is 0.274. The highest BCUT2D eigenvalue weighted by atomic mass is 16.3. The molecule has 0 bridgehead atoms. The summed E-state index contributed by atoms with van der Waals surface area (Å²) in [6.07, 6.45) is 3.65. The van der Waals surface area contributed by atoms with Crippen molar-refractivity contribution in [1.82, 2.24) is 15.1 Å². The third-order valence-electron chi connectivity index (χ3n) is 2.26. The van der Waals surface area contributed by atoms with Crippen LogP contribution in [0.3, 0.4) is 0 Å². The number of hydrogen-bond acceptors (Lipinski definition) is 4. The second kappa shape index (κ2) is 23.0. The highest BCUT2D eigenvalue weighted by Crippen LogP contribution is 1.82. The van der Waals surface area contributed by atoms with Gasteiger partial charge in [0.25, 0.3) is 0 Å². The first-order valence-corrected chi connectivity index (χ1v) is 7.58. The van der Waals surface area contributed by atoms with Gasteiger partial charge in [-0.15, -0.1) is 0 Å². The molecule has 0 aromatic carbocycles. The Bertz CT molecular complexity index is 125. The van der Waals surface area contributed by atoms with Crippen molar-refractivity contribution in [2.75, 3.05) is 61.0 Å². The van der Waals surface area contributed by atoms with E-state index in [4.69, 9.17) is 5.11 Å². The number of rotatable bonds is 8. The molecule has 0 aliphatic heterocycles. The maximum Gasteiger partial charge on any atom is 0.0558 e. The van der Waals surface area contributed by atoms with Crippen molar-refractivity contribution in [3.05, 3.63) is 0 Å². The summed E-state index contributed by atoms with van der Waals surface area (Å²) >= 11 is 0. The molecular weight excluding hydrogens is 238 g/mol. The van der Waals surface area contributed by atoms with Gasteiger partial charge < -0.3 is 20.2 Å². The summed E-state index contributed by atoms with van der Waals surface area (Å²) in [7, 11) is 8.15. The van der Waals surface area contributed by atoms with Crippen LogP contribution in [0.2, 0.25) is 0 Å². The van der Waals surface area contributed by atoms with Crippen LogP contribution in [-0.2, 0) is 0 Å². The SMILES string of the molecule is CCCN(C)C.CCCN(C)CCO.CCCNC. The van der Waals surface area contributed by atoms with E-state index in [0.29, 0.717) is 0 Å². The molecule has 0 fully saturated rings. The minimum Gasteiger partial charge on any atom is -0.395 e. The van der Waals surface area contributed by atoms with Gasteiger partial charge in [-0.3, -0.25) is 0 Å². The van der Waals surface area contributed by atoms with Crippen LogP contribution in [0, 0.1) is 0 Å². The quantitative estimate of drug-likeness (QED) is 0.711. The monoisotopic (exact) mass is 277 g/mol. The van der Waals surface area contributed by atoms with Crippen LogP contribution in [-0.4, -0.2) is 75.9 Å². The molecule has 19 heavy (non-hydrogen) atoms. The number of likely N-dealkylation sites (N-methyl/N-ethyl adjacent to an activating group) is 1. The third-order valence-corrected chi connectivity index (χ3v) is 2.26. The number of aliphatic hydroxyl groups is 1. The van der Waals surface area contributed by atoms with Crippen molar-refractivity contribution in [2.24, 2.45) is 0 Å². The summed E-state index contributed by atoms with van der Waals surface area (Å²) in [5.74, 6) is 0.